The fourth-order valence-corrected chi connectivity index (χ4v) is 4.86. The molecular weight excluding hydrogens is 702 g/mol. The number of hydrogen-bond acceptors (Lipinski definition) is 10. The van der Waals surface area contributed by atoms with E-state index in [0.717, 1.165) is 32.6 Å². The average molecular weight is 737 g/mol. The summed E-state index contributed by atoms with van der Waals surface area (Å²) in [6, 6.07) is 29.0. The number of aliphatic hydroxyl groups excluding tert-OH is 2. The Morgan fingerprint density at radius 1 is 0.574 bits per heavy atom. The van der Waals surface area contributed by atoms with Gasteiger partial charge in [0.05, 0.1) is 25.6 Å². The molecule has 2 N–H and O–H groups in total. The smallest absolute Gasteiger partial charge is 0.270 e. The number of rotatable bonds is 14. The number of ketones is 2. The molecule has 2 aromatic heterocycles. The van der Waals surface area contributed by atoms with E-state index >= 15 is 0 Å². The summed E-state index contributed by atoms with van der Waals surface area (Å²) < 4.78 is 40.4. The zero-order valence-corrected chi connectivity index (χ0v) is 28.7. The molecule has 0 spiro atoms. The van der Waals surface area contributed by atoms with E-state index in [2.05, 4.69) is 10.2 Å². The number of Topliss-reactive ketones (excluding diaryl/α,β-unsaturated/α-hetero) is 2. The van der Waals surface area contributed by atoms with Crippen molar-refractivity contribution in [3.05, 3.63) is 187 Å². The topological polar surface area (TPSA) is 163 Å². The quantitative estimate of drug-likeness (QED) is 0.150. The normalized spacial score (nSPS) is 10.6. The van der Waals surface area contributed by atoms with Gasteiger partial charge in [-0.25, -0.2) is 18.1 Å². The maximum absolute atomic E-state index is 13.7. The lowest BCUT2D eigenvalue weighted by molar-refractivity contribution is 0.0957. The molecule has 2 heterocycles. The van der Waals surface area contributed by atoms with Crippen molar-refractivity contribution in [2.45, 2.75) is 39.5 Å². The lowest BCUT2D eigenvalue weighted by Gasteiger charge is -2.08. The molecule has 12 nitrogen and oxygen atoms in total. The molecule has 0 aliphatic carbocycles. The molecule has 0 aliphatic heterocycles. The third-order valence-corrected chi connectivity index (χ3v) is 7.86. The van der Waals surface area contributed by atoms with Crippen molar-refractivity contribution >= 4 is 11.6 Å². The highest BCUT2D eigenvalue weighted by atomic mass is 19.1. The van der Waals surface area contributed by atoms with E-state index in [4.69, 9.17) is 19.7 Å². The summed E-state index contributed by atoms with van der Waals surface area (Å²) in [5.41, 5.74) is 1.30. The molecule has 276 valence electrons. The highest BCUT2D eigenvalue weighted by molar-refractivity contribution is 5.96. The molecule has 0 atom stereocenters. The van der Waals surface area contributed by atoms with Crippen LogP contribution < -0.4 is 20.6 Å². The minimum atomic E-state index is -0.673. The molecule has 4 aromatic carbocycles. The number of carbonyl (C=O) groups is 2. The lowest BCUT2D eigenvalue weighted by atomic mass is 10.1. The number of aliphatic hydroxyl groups is 2. The maximum Gasteiger partial charge on any atom is 0.270 e. The van der Waals surface area contributed by atoms with E-state index in [0.29, 0.717) is 24.7 Å². The van der Waals surface area contributed by atoms with Crippen LogP contribution in [0.5, 0.6) is 11.5 Å². The van der Waals surface area contributed by atoms with Crippen molar-refractivity contribution in [2.75, 3.05) is 0 Å². The van der Waals surface area contributed by atoms with Crippen molar-refractivity contribution in [3.63, 3.8) is 0 Å². The van der Waals surface area contributed by atoms with Crippen LogP contribution in [0.1, 0.15) is 43.0 Å². The molecule has 0 bridgehead atoms. The van der Waals surface area contributed by atoms with Gasteiger partial charge < -0.3 is 19.7 Å². The number of hydrogen-bond donors (Lipinski definition) is 2. The monoisotopic (exact) mass is 736 g/mol. The van der Waals surface area contributed by atoms with Gasteiger partial charge in [0.1, 0.15) is 49.4 Å². The van der Waals surface area contributed by atoms with Gasteiger partial charge in [0.2, 0.25) is 0 Å². The molecule has 0 radical (unpaired) electrons. The molecule has 54 heavy (non-hydrogen) atoms. The second-order valence-corrected chi connectivity index (χ2v) is 11.7. The predicted octanol–water partition coefficient (Wildman–Crippen LogP) is 4.67. The summed E-state index contributed by atoms with van der Waals surface area (Å²) in [5.74, 6) is -1.68. The Labute approximate surface area is 307 Å². The standard InChI is InChI=1S/2C20H17FN2O4/c2*21-18-8-15(6-7-16(18)12-24)19(25)11-23-20(26)9-17(10-22-23)27-13-14-4-2-1-3-5-14/h2*1-10,24H,11-13H2. The minimum absolute atomic E-state index is 0.0989. The second-order valence-electron chi connectivity index (χ2n) is 11.7. The third-order valence-electron chi connectivity index (χ3n) is 7.86. The zero-order chi connectivity index (χ0) is 38.5. The van der Waals surface area contributed by atoms with Gasteiger partial charge in [0.25, 0.3) is 11.1 Å². The van der Waals surface area contributed by atoms with E-state index in [1.807, 2.05) is 60.7 Å². The van der Waals surface area contributed by atoms with Crippen LogP contribution in [-0.2, 0) is 39.5 Å². The Kier molecular flexibility index (Phi) is 13.4. The number of nitrogens with zero attached hydrogens (tertiary/aromatic N) is 4. The molecule has 0 fully saturated rings. The van der Waals surface area contributed by atoms with E-state index in [9.17, 15) is 28.0 Å². The summed E-state index contributed by atoms with van der Waals surface area (Å²) in [5, 5.41) is 25.8. The molecule has 14 heteroatoms. The van der Waals surface area contributed by atoms with Gasteiger partial charge in [0, 0.05) is 34.4 Å². The number of ether oxygens (including phenoxy) is 2. The number of benzene rings is 4. The molecule has 0 saturated carbocycles. The van der Waals surface area contributed by atoms with Crippen LogP contribution in [0.2, 0.25) is 0 Å². The first-order valence-electron chi connectivity index (χ1n) is 16.5. The fraction of sp³-hybridized carbons (Fsp3) is 0.150. The van der Waals surface area contributed by atoms with Crippen molar-refractivity contribution in [1.82, 2.24) is 19.6 Å². The summed E-state index contributed by atoms with van der Waals surface area (Å²) >= 11 is 0. The SMILES string of the molecule is O=C(Cn1ncc(OCc2ccccc2)cc1=O)c1ccc(CO)c(F)c1.O=C(Cn1ncc(OCc2ccccc2)cc1=O)c1ccc(CO)c(F)c1. The number of aromatic nitrogens is 4. The van der Waals surface area contributed by atoms with E-state index in [1.54, 1.807) is 0 Å². The second kappa shape index (κ2) is 18.7. The molecular formula is C40H34F2N4O8. The average Bonchev–Trinajstić information content (AvgIpc) is 3.19. The van der Waals surface area contributed by atoms with Gasteiger partial charge in [-0.05, 0) is 23.3 Å². The molecule has 6 aromatic rings. The largest absolute Gasteiger partial charge is 0.487 e. The summed E-state index contributed by atoms with van der Waals surface area (Å²) in [6.07, 6.45) is 2.71. The van der Waals surface area contributed by atoms with Crippen LogP contribution in [0.4, 0.5) is 8.78 Å². The number of halogens is 2. The first-order chi connectivity index (χ1) is 26.1. The van der Waals surface area contributed by atoms with Gasteiger partial charge in [-0.2, -0.15) is 10.2 Å². The third kappa shape index (κ3) is 10.7. The van der Waals surface area contributed by atoms with Crippen LogP contribution in [-0.4, -0.2) is 41.3 Å². The van der Waals surface area contributed by atoms with Gasteiger partial charge in [-0.15, -0.1) is 0 Å². The minimum Gasteiger partial charge on any atom is -0.487 e. The first-order valence-corrected chi connectivity index (χ1v) is 16.5. The van der Waals surface area contributed by atoms with E-state index in [-0.39, 0.29) is 35.3 Å². The molecule has 0 unspecified atom stereocenters. The zero-order valence-electron chi connectivity index (χ0n) is 28.7. The number of carbonyl (C=O) groups excluding carboxylic acids is 2. The Morgan fingerprint density at radius 3 is 1.30 bits per heavy atom. The van der Waals surface area contributed by atoms with Crippen LogP contribution >= 0.6 is 0 Å². The van der Waals surface area contributed by atoms with Crippen LogP contribution in [0.25, 0.3) is 0 Å². The lowest BCUT2D eigenvalue weighted by Crippen LogP contribution is -2.26. The van der Waals surface area contributed by atoms with Gasteiger partial charge in [0.15, 0.2) is 11.6 Å². The molecule has 0 amide bonds. The van der Waals surface area contributed by atoms with Crippen LogP contribution in [0.3, 0.4) is 0 Å². The Balaban J connectivity index is 0.000000208. The summed E-state index contributed by atoms with van der Waals surface area (Å²) in [7, 11) is 0. The fourth-order valence-electron chi connectivity index (χ4n) is 4.86. The highest BCUT2D eigenvalue weighted by Gasteiger charge is 2.14. The summed E-state index contributed by atoms with van der Waals surface area (Å²) in [4.78, 5) is 48.8. The van der Waals surface area contributed by atoms with Gasteiger partial charge >= 0.3 is 0 Å². The Bertz CT molecular complexity index is 2170. The van der Waals surface area contributed by atoms with Crippen LogP contribution in [0.15, 0.2) is 131 Å². The highest BCUT2D eigenvalue weighted by Crippen LogP contribution is 2.14. The van der Waals surface area contributed by atoms with Crippen molar-refractivity contribution in [3.8, 4) is 11.5 Å². The van der Waals surface area contributed by atoms with Crippen LogP contribution in [0, 0.1) is 11.6 Å². The Hall–Kier alpha value is -6.64. The summed E-state index contributed by atoms with van der Waals surface area (Å²) in [6.45, 7) is -0.967. The maximum atomic E-state index is 13.7. The predicted molar refractivity (Wildman–Crippen MR) is 192 cm³/mol. The first kappa shape index (κ1) is 38.6. The van der Waals surface area contributed by atoms with E-state index in [1.165, 1.54) is 48.8 Å². The van der Waals surface area contributed by atoms with Gasteiger partial charge in [-0.1, -0.05) is 84.9 Å². The van der Waals surface area contributed by atoms with Crippen molar-refractivity contribution < 1.29 is 38.1 Å². The van der Waals surface area contributed by atoms with E-state index < -0.39 is 47.5 Å². The molecule has 0 aliphatic rings. The molecule has 6 rings (SSSR count). The Morgan fingerprint density at radius 2 is 0.963 bits per heavy atom. The van der Waals surface area contributed by atoms with Crippen molar-refractivity contribution in [1.29, 1.82) is 0 Å². The molecule has 0 saturated heterocycles. The van der Waals surface area contributed by atoms with Crippen molar-refractivity contribution in [2.24, 2.45) is 0 Å². The van der Waals surface area contributed by atoms with Gasteiger partial charge in [-0.3, -0.25) is 19.2 Å².